The topological polar surface area (TPSA) is 46.5 Å². The minimum absolute atomic E-state index is 0.00359. The van der Waals surface area contributed by atoms with E-state index in [4.69, 9.17) is 9.84 Å². The molecule has 0 aliphatic carbocycles. The van der Waals surface area contributed by atoms with Crippen LogP contribution in [0.15, 0.2) is 46.9 Å². The van der Waals surface area contributed by atoms with Gasteiger partial charge in [0.1, 0.15) is 23.1 Å². The van der Waals surface area contributed by atoms with Crippen molar-refractivity contribution in [3.05, 3.63) is 64.1 Å². The highest BCUT2D eigenvalue weighted by Gasteiger charge is 2.10. The van der Waals surface area contributed by atoms with Crippen LogP contribution >= 0.6 is 15.9 Å². The third-order valence-electron chi connectivity index (χ3n) is 2.52. The summed E-state index contributed by atoms with van der Waals surface area (Å²) < 4.78 is 32.7. The Bertz CT molecular complexity index is 714. The Morgan fingerprint density at radius 1 is 1.19 bits per heavy atom. The summed E-state index contributed by atoms with van der Waals surface area (Å²) in [5, 5.41) is 8.62. The summed E-state index contributed by atoms with van der Waals surface area (Å²) in [5.74, 6) is -1.86. The lowest BCUT2D eigenvalue weighted by Crippen LogP contribution is -1.93. The predicted molar refractivity (Wildman–Crippen MR) is 77.2 cm³/mol. The number of rotatable bonds is 4. The molecule has 0 aliphatic heterocycles. The van der Waals surface area contributed by atoms with Gasteiger partial charge >= 0.3 is 5.97 Å². The Kier molecular flexibility index (Phi) is 4.70. The summed E-state index contributed by atoms with van der Waals surface area (Å²) in [5.41, 5.74) is -0.00359. The van der Waals surface area contributed by atoms with E-state index in [-0.39, 0.29) is 17.1 Å². The highest BCUT2D eigenvalue weighted by Crippen LogP contribution is 2.33. The normalized spacial score (nSPS) is 10.8. The van der Waals surface area contributed by atoms with E-state index in [0.29, 0.717) is 4.47 Å². The number of carboxylic acid groups (broad SMARTS) is 1. The van der Waals surface area contributed by atoms with Gasteiger partial charge in [0.15, 0.2) is 0 Å². The molecule has 21 heavy (non-hydrogen) atoms. The molecule has 3 nitrogen and oxygen atoms in total. The molecular formula is C15H9BrF2O3. The number of carboxylic acids is 1. The van der Waals surface area contributed by atoms with Gasteiger partial charge in [-0.1, -0.05) is 6.07 Å². The average molecular weight is 355 g/mol. The van der Waals surface area contributed by atoms with Crippen molar-refractivity contribution >= 4 is 28.0 Å². The molecule has 6 heteroatoms. The largest absolute Gasteiger partial charge is 0.478 e. The smallest absolute Gasteiger partial charge is 0.328 e. The van der Waals surface area contributed by atoms with E-state index < -0.39 is 17.6 Å². The number of ether oxygens (including phenoxy) is 1. The number of aliphatic carboxylic acids is 1. The third kappa shape index (κ3) is 3.88. The van der Waals surface area contributed by atoms with Gasteiger partial charge in [0, 0.05) is 6.08 Å². The van der Waals surface area contributed by atoms with Gasteiger partial charge in [-0.05, 0) is 52.3 Å². The van der Waals surface area contributed by atoms with Gasteiger partial charge < -0.3 is 9.84 Å². The van der Waals surface area contributed by atoms with Crippen LogP contribution in [0.5, 0.6) is 11.5 Å². The Morgan fingerprint density at radius 2 is 1.95 bits per heavy atom. The average Bonchev–Trinajstić information content (AvgIpc) is 2.41. The van der Waals surface area contributed by atoms with Crippen LogP contribution in [-0.2, 0) is 4.79 Å². The Labute approximate surface area is 127 Å². The molecule has 0 bridgehead atoms. The zero-order valence-corrected chi connectivity index (χ0v) is 12.1. The summed E-state index contributed by atoms with van der Waals surface area (Å²) in [7, 11) is 0. The van der Waals surface area contributed by atoms with Crippen LogP contribution in [0.4, 0.5) is 8.78 Å². The minimum atomic E-state index is -1.20. The first-order chi connectivity index (χ1) is 9.97. The van der Waals surface area contributed by atoms with E-state index in [9.17, 15) is 13.6 Å². The molecule has 0 saturated carbocycles. The van der Waals surface area contributed by atoms with Crippen LogP contribution in [0, 0.1) is 11.6 Å². The number of carbonyl (C=O) groups is 1. The van der Waals surface area contributed by atoms with Crippen LogP contribution in [0.3, 0.4) is 0 Å². The molecule has 108 valence electrons. The SMILES string of the molecule is O=C(O)/C=C/c1c(F)cccc1Oc1ccc(F)cc1Br. The molecular weight excluding hydrogens is 346 g/mol. The molecule has 0 unspecified atom stereocenters. The van der Waals surface area contributed by atoms with Gasteiger partial charge in [0.2, 0.25) is 0 Å². The van der Waals surface area contributed by atoms with Gasteiger partial charge in [0.05, 0.1) is 10.0 Å². The summed E-state index contributed by atoms with van der Waals surface area (Å²) in [6.45, 7) is 0. The van der Waals surface area contributed by atoms with E-state index in [1.807, 2.05) is 0 Å². The van der Waals surface area contributed by atoms with Gasteiger partial charge in [0.25, 0.3) is 0 Å². The van der Waals surface area contributed by atoms with Crippen molar-refractivity contribution in [2.24, 2.45) is 0 Å². The molecule has 0 heterocycles. The van der Waals surface area contributed by atoms with Crippen LogP contribution in [-0.4, -0.2) is 11.1 Å². The van der Waals surface area contributed by atoms with Gasteiger partial charge in [-0.2, -0.15) is 0 Å². The highest BCUT2D eigenvalue weighted by molar-refractivity contribution is 9.10. The van der Waals surface area contributed by atoms with E-state index in [1.54, 1.807) is 0 Å². The molecule has 0 amide bonds. The van der Waals surface area contributed by atoms with Crippen LogP contribution < -0.4 is 4.74 Å². The monoisotopic (exact) mass is 354 g/mol. The summed E-state index contributed by atoms with van der Waals surface area (Å²) in [6.07, 6.45) is 1.91. The number of benzene rings is 2. The lowest BCUT2D eigenvalue weighted by molar-refractivity contribution is -0.131. The van der Waals surface area contributed by atoms with Gasteiger partial charge in [-0.25, -0.2) is 13.6 Å². The van der Waals surface area contributed by atoms with Crippen molar-refractivity contribution in [2.45, 2.75) is 0 Å². The predicted octanol–water partition coefficient (Wildman–Crippen LogP) is 4.62. The van der Waals surface area contributed by atoms with Crippen LogP contribution in [0.2, 0.25) is 0 Å². The Hall–Kier alpha value is -2.21. The molecule has 0 saturated heterocycles. The third-order valence-corrected chi connectivity index (χ3v) is 3.14. The second-order valence-electron chi connectivity index (χ2n) is 4.00. The highest BCUT2D eigenvalue weighted by atomic mass is 79.9. The molecule has 2 aromatic rings. The maximum absolute atomic E-state index is 13.8. The summed E-state index contributed by atoms with van der Waals surface area (Å²) in [4.78, 5) is 10.5. The second-order valence-corrected chi connectivity index (χ2v) is 4.85. The fourth-order valence-corrected chi connectivity index (χ4v) is 2.03. The Morgan fingerprint density at radius 3 is 2.62 bits per heavy atom. The maximum Gasteiger partial charge on any atom is 0.328 e. The molecule has 0 fully saturated rings. The first-order valence-electron chi connectivity index (χ1n) is 5.80. The zero-order chi connectivity index (χ0) is 15.4. The molecule has 2 aromatic carbocycles. The zero-order valence-electron chi connectivity index (χ0n) is 10.5. The molecule has 2 rings (SSSR count). The standard InChI is InChI=1S/C15H9BrF2O3/c16-11-8-9(17)4-6-14(11)21-13-3-1-2-12(18)10(13)5-7-15(19)20/h1-8H,(H,19,20)/b7-5+. The molecule has 0 atom stereocenters. The van der Waals surface area contributed by atoms with Crippen molar-refractivity contribution in [2.75, 3.05) is 0 Å². The van der Waals surface area contributed by atoms with Crippen LogP contribution in [0.1, 0.15) is 5.56 Å². The molecule has 0 radical (unpaired) electrons. The maximum atomic E-state index is 13.8. The summed E-state index contributed by atoms with van der Waals surface area (Å²) in [6, 6.07) is 7.90. The number of halogens is 3. The van der Waals surface area contributed by atoms with Crippen molar-refractivity contribution in [1.29, 1.82) is 0 Å². The van der Waals surface area contributed by atoms with Crippen molar-refractivity contribution in [1.82, 2.24) is 0 Å². The lowest BCUT2D eigenvalue weighted by Gasteiger charge is -2.11. The first kappa shape index (κ1) is 15.2. The van der Waals surface area contributed by atoms with E-state index in [0.717, 1.165) is 12.2 Å². The van der Waals surface area contributed by atoms with Crippen molar-refractivity contribution in [3.8, 4) is 11.5 Å². The van der Waals surface area contributed by atoms with Gasteiger partial charge in [-0.3, -0.25) is 0 Å². The van der Waals surface area contributed by atoms with Crippen LogP contribution in [0.25, 0.3) is 6.08 Å². The molecule has 0 aromatic heterocycles. The Balaban J connectivity index is 2.40. The number of hydrogen-bond donors (Lipinski definition) is 1. The lowest BCUT2D eigenvalue weighted by atomic mass is 10.1. The minimum Gasteiger partial charge on any atom is -0.478 e. The fraction of sp³-hybridized carbons (Fsp3) is 0. The van der Waals surface area contributed by atoms with E-state index >= 15 is 0 Å². The first-order valence-corrected chi connectivity index (χ1v) is 6.59. The quantitative estimate of drug-likeness (QED) is 0.815. The molecule has 0 aliphatic rings. The molecule has 0 spiro atoms. The fourth-order valence-electron chi connectivity index (χ4n) is 1.60. The van der Waals surface area contributed by atoms with Gasteiger partial charge in [-0.15, -0.1) is 0 Å². The molecule has 1 N–H and O–H groups in total. The van der Waals surface area contributed by atoms with Crippen molar-refractivity contribution < 1.29 is 23.4 Å². The second kappa shape index (κ2) is 6.49. The van der Waals surface area contributed by atoms with E-state index in [2.05, 4.69) is 15.9 Å². The van der Waals surface area contributed by atoms with E-state index in [1.165, 1.54) is 36.4 Å². The summed E-state index contributed by atoms with van der Waals surface area (Å²) >= 11 is 3.14. The number of hydrogen-bond acceptors (Lipinski definition) is 2. The van der Waals surface area contributed by atoms with Crippen molar-refractivity contribution in [3.63, 3.8) is 0 Å².